The highest BCUT2D eigenvalue weighted by Gasteiger charge is 2.29. The molecule has 5 heteroatoms. The van der Waals surface area contributed by atoms with Gasteiger partial charge >= 0.3 is 0 Å². The molecule has 138 valence electrons. The molecule has 25 heavy (non-hydrogen) atoms. The van der Waals surface area contributed by atoms with Crippen LogP contribution in [0, 0.1) is 18.8 Å². The molecule has 1 aliphatic heterocycles. The Hall–Kier alpha value is -2.04. The van der Waals surface area contributed by atoms with Gasteiger partial charge in [0.1, 0.15) is 0 Å². The fraction of sp³-hybridized carbons (Fsp3) is 0.600. The van der Waals surface area contributed by atoms with Gasteiger partial charge in [-0.2, -0.15) is 0 Å². The first-order valence-corrected chi connectivity index (χ1v) is 9.22. The highest BCUT2D eigenvalue weighted by molar-refractivity contribution is 5.97. The van der Waals surface area contributed by atoms with Gasteiger partial charge in [0.15, 0.2) is 0 Å². The summed E-state index contributed by atoms with van der Waals surface area (Å²) in [5, 5.41) is 6.21. The van der Waals surface area contributed by atoms with Gasteiger partial charge in [-0.05, 0) is 50.3 Å². The molecule has 2 N–H and O–H groups in total. The third-order valence-electron chi connectivity index (χ3n) is 5.27. The molecule has 1 aromatic carbocycles. The predicted octanol–water partition coefficient (Wildman–Crippen LogP) is 3.05. The highest BCUT2D eigenvalue weighted by Crippen LogP contribution is 2.25. The zero-order valence-electron chi connectivity index (χ0n) is 16.1. The third kappa shape index (κ3) is 4.53. The van der Waals surface area contributed by atoms with Gasteiger partial charge < -0.3 is 15.5 Å². The van der Waals surface area contributed by atoms with E-state index in [9.17, 15) is 9.59 Å². The maximum Gasteiger partial charge on any atom is 0.254 e. The molecule has 2 amide bonds. The van der Waals surface area contributed by atoms with Crippen molar-refractivity contribution in [2.75, 3.05) is 25.5 Å². The van der Waals surface area contributed by atoms with Crippen LogP contribution in [0.2, 0.25) is 0 Å². The number of piperidine rings is 1. The Balaban J connectivity index is 2.17. The molecule has 0 saturated carbocycles. The van der Waals surface area contributed by atoms with Crippen molar-refractivity contribution < 1.29 is 9.59 Å². The van der Waals surface area contributed by atoms with Crippen LogP contribution in [0.15, 0.2) is 18.2 Å². The minimum Gasteiger partial charge on any atom is -0.382 e. The molecule has 5 nitrogen and oxygen atoms in total. The smallest absolute Gasteiger partial charge is 0.254 e. The molecule has 2 atom stereocenters. The zero-order chi connectivity index (χ0) is 18.6. The Labute approximate surface area is 151 Å². The van der Waals surface area contributed by atoms with Crippen LogP contribution in [0.3, 0.4) is 0 Å². The SMILES string of the molecule is CNC(=O)[C@@H]1CCCN(C(=O)c2cccc(N[C@H](C)C(C)C)c2C)C1. The van der Waals surface area contributed by atoms with Crippen molar-refractivity contribution in [1.29, 1.82) is 0 Å². The standard InChI is InChI=1S/C20H31N3O2/c1-13(2)15(4)22-18-10-6-9-17(14(18)3)20(25)23-11-7-8-16(12-23)19(24)21-5/h6,9-10,13,15-16,22H,7-8,11-12H2,1-5H3,(H,21,24)/t15-,16-/m1/s1. The van der Waals surface area contributed by atoms with Crippen LogP contribution in [0.25, 0.3) is 0 Å². The summed E-state index contributed by atoms with van der Waals surface area (Å²) >= 11 is 0. The Morgan fingerprint density at radius 2 is 1.96 bits per heavy atom. The molecule has 0 bridgehead atoms. The number of carbonyl (C=O) groups excluding carboxylic acids is 2. The van der Waals surface area contributed by atoms with E-state index in [4.69, 9.17) is 0 Å². The number of nitrogens with one attached hydrogen (secondary N) is 2. The summed E-state index contributed by atoms with van der Waals surface area (Å²) < 4.78 is 0. The van der Waals surface area contributed by atoms with Gasteiger partial charge in [0.2, 0.25) is 5.91 Å². The van der Waals surface area contributed by atoms with Crippen molar-refractivity contribution in [3.05, 3.63) is 29.3 Å². The number of carbonyl (C=O) groups is 2. The van der Waals surface area contributed by atoms with Crippen LogP contribution in [0.1, 0.15) is 49.5 Å². The van der Waals surface area contributed by atoms with E-state index in [1.165, 1.54) is 0 Å². The van der Waals surface area contributed by atoms with Crippen molar-refractivity contribution in [2.45, 2.75) is 46.6 Å². The third-order valence-corrected chi connectivity index (χ3v) is 5.27. The monoisotopic (exact) mass is 345 g/mol. The van der Waals surface area contributed by atoms with E-state index in [2.05, 4.69) is 31.4 Å². The van der Waals surface area contributed by atoms with E-state index in [1.807, 2.05) is 30.0 Å². The lowest BCUT2D eigenvalue weighted by Gasteiger charge is -2.32. The van der Waals surface area contributed by atoms with Gasteiger partial charge in [0.05, 0.1) is 5.92 Å². The maximum absolute atomic E-state index is 13.0. The van der Waals surface area contributed by atoms with E-state index < -0.39 is 0 Å². The largest absolute Gasteiger partial charge is 0.382 e. The molecular formula is C20H31N3O2. The Morgan fingerprint density at radius 1 is 1.24 bits per heavy atom. The number of rotatable bonds is 5. The first-order chi connectivity index (χ1) is 11.8. The van der Waals surface area contributed by atoms with E-state index in [0.717, 1.165) is 29.7 Å². The molecule has 1 fully saturated rings. The molecule has 0 spiro atoms. The van der Waals surface area contributed by atoms with Crippen molar-refractivity contribution in [1.82, 2.24) is 10.2 Å². The van der Waals surface area contributed by atoms with Crippen LogP contribution < -0.4 is 10.6 Å². The summed E-state index contributed by atoms with van der Waals surface area (Å²) in [4.78, 5) is 26.8. The zero-order valence-corrected chi connectivity index (χ0v) is 16.1. The number of benzene rings is 1. The molecule has 1 saturated heterocycles. The summed E-state index contributed by atoms with van der Waals surface area (Å²) in [5.74, 6) is 0.446. The fourth-order valence-electron chi connectivity index (χ4n) is 3.19. The van der Waals surface area contributed by atoms with Crippen molar-refractivity contribution in [3.8, 4) is 0 Å². The Bertz CT molecular complexity index is 627. The highest BCUT2D eigenvalue weighted by atomic mass is 16.2. The van der Waals surface area contributed by atoms with Crippen molar-refractivity contribution in [2.24, 2.45) is 11.8 Å². The fourth-order valence-corrected chi connectivity index (χ4v) is 3.19. The minimum absolute atomic E-state index is 0.0203. The molecule has 0 radical (unpaired) electrons. The Kier molecular flexibility index (Phi) is 6.45. The summed E-state index contributed by atoms with van der Waals surface area (Å²) in [7, 11) is 1.65. The van der Waals surface area contributed by atoms with Crippen LogP contribution in [-0.4, -0.2) is 42.9 Å². The van der Waals surface area contributed by atoms with Crippen LogP contribution in [0.4, 0.5) is 5.69 Å². The lowest BCUT2D eigenvalue weighted by atomic mass is 9.95. The van der Waals surface area contributed by atoms with Crippen molar-refractivity contribution >= 4 is 17.5 Å². The second kappa shape index (κ2) is 8.37. The van der Waals surface area contributed by atoms with Gasteiger partial charge in [0, 0.05) is 37.4 Å². The molecular weight excluding hydrogens is 314 g/mol. The first-order valence-electron chi connectivity index (χ1n) is 9.22. The number of likely N-dealkylation sites (tertiary alicyclic amines) is 1. The first kappa shape index (κ1) is 19.3. The summed E-state index contributed by atoms with van der Waals surface area (Å²) in [6.45, 7) is 9.70. The molecule has 1 heterocycles. The van der Waals surface area contributed by atoms with Gasteiger partial charge in [-0.1, -0.05) is 19.9 Å². The number of anilines is 1. The summed E-state index contributed by atoms with van der Waals surface area (Å²) in [5.41, 5.74) is 2.70. The van der Waals surface area contributed by atoms with E-state index in [0.29, 0.717) is 25.0 Å². The molecule has 0 unspecified atom stereocenters. The molecule has 1 aromatic rings. The lowest BCUT2D eigenvalue weighted by Crippen LogP contribution is -2.45. The second-order valence-electron chi connectivity index (χ2n) is 7.36. The lowest BCUT2D eigenvalue weighted by molar-refractivity contribution is -0.125. The second-order valence-corrected chi connectivity index (χ2v) is 7.36. The maximum atomic E-state index is 13.0. The average molecular weight is 345 g/mol. The molecule has 0 aromatic heterocycles. The molecule has 1 aliphatic rings. The van der Waals surface area contributed by atoms with E-state index >= 15 is 0 Å². The van der Waals surface area contributed by atoms with Gasteiger partial charge in [-0.15, -0.1) is 0 Å². The number of nitrogens with zero attached hydrogens (tertiary/aromatic N) is 1. The topological polar surface area (TPSA) is 61.4 Å². The normalized spacial score (nSPS) is 18.8. The summed E-state index contributed by atoms with van der Waals surface area (Å²) in [6, 6.07) is 6.16. The molecule has 0 aliphatic carbocycles. The van der Waals surface area contributed by atoms with Crippen LogP contribution in [0.5, 0.6) is 0 Å². The van der Waals surface area contributed by atoms with Gasteiger partial charge in [0.25, 0.3) is 5.91 Å². The van der Waals surface area contributed by atoms with Crippen molar-refractivity contribution in [3.63, 3.8) is 0 Å². The van der Waals surface area contributed by atoms with Crippen LogP contribution >= 0.6 is 0 Å². The summed E-state index contributed by atoms with van der Waals surface area (Å²) in [6.07, 6.45) is 1.71. The number of hydrogen-bond donors (Lipinski definition) is 2. The minimum atomic E-state index is -0.106. The quantitative estimate of drug-likeness (QED) is 0.862. The Morgan fingerprint density at radius 3 is 2.60 bits per heavy atom. The van der Waals surface area contributed by atoms with E-state index in [-0.39, 0.29) is 17.7 Å². The average Bonchev–Trinajstić information content (AvgIpc) is 2.62. The van der Waals surface area contributed by atoms with Gasteiger partial charge in [-0.3, -0.25) is 9.59 Å². The van der Waals surface area contributed by atoms with E-state index in [1.54, 1.807) is 7.05 Å². The molecule has 2 rings (SSSR count). The number of hydrogen-bond acceptors (Lipinski definition) is 3. The predicted molar refractivity (Wildman–Crippen MR) is 102 cm³/mol. The van der Waals surface area contributed by atoms with Gasteiger partial charge in [-0.25, -0.2) is 0 Å². The van der Waals surface area contributed by atoms with Crippen LogP contribution in [-0.2, 0) is 4.79 Å². The number of amides is 2.